The van der Waals surface area contributed by atoms with Crippen LogP contribution in [0.3, 0.4) is 0 Å². The number of nitrogens with zero attached hydrogens (tertiary/aromatic N) is 1. The molecule has 0 radical (unpaired) electrons. The maximum atomic E-state index is 13.8. The van der Waals surface area contributed by atoms with Crippen molar-refractivity contribution in [3.05, 3.63) is 94.1 Å². The van der Waals surface area contributed by atoms with Gasteiger partial charge in [-0.05, 0) is 47.2 Å². The number of allylic oxidation sites excluding steroid dienone is 1. The van der Waals surface area contributed by atoms with E-state index in [4.69, 9.17) is 26.8 Å². The minimum absolute atomic E-state index is 0.130. The Bertz CT molecular complexity index is 1550. The lowest BCUT2D eigenvalue weighted by Gasteiger charge is -2.36. The first-order valence-corrected chi connectivity index (χ1v) is 13.5. The monoisotopic (exact) mass is 575 g/mol. The third-order valence-electron chi connectivity index (χ3n) is 7.06. The molecule has 0 aromatic heterocycles. The number of halogens is 1. The summed E-state index contributed by atoms with van der Waals surface area (Å²) in [5, 5.41) is 14.3. The summed E-state index contributed by atoms with van der Waals surface area (Å²) in [7, 11) is 0. The number of fused-ring (bicyclic) bond motifs is 1. The third kappa shape index (κ3) is 5.85. The van der Waals surface area contributed by atoms with E-state index in [-0.39, 0.29) is 39.8 Å². The second kappa shape index (κ2) is 11.2. The van der Waals surface area contributed by atoms with Gasteiger partial charge in [-0.25, -0.2) is 4.79 Å². The fourth-order valence-corrected chi connectivity index (χ4v) is 5.57. The first-order valence-electron chi connectivity index (χ1n) is 13.1. The Labute approximate surface area is 242 Å². The lowest BCUT2D eigenvalue weighted by Crippen LogP contribution is -2.40. The van der Waals surface area contributed by atoms with Crippen molar-refractivity contribution in [3.63, 3.8) is 0 Å². The van der Waals surface area contributed by atoms with E-state index in [1.54, 1.807) is 30.3 Å². The number of anilines is 2. The molecule has 3 aromatic rings. The van der Waals surface area contributed by atoms with Crippen LogP contribution in [0.1, 0.15) is 43.9 Å². The number of Topliss-reactive ketones (excluding diaryl/α,β-unsaturated/α-hetero) is 1. The van der Waals surface area contributed by atoms with Gasteiger partial charge in [0.1, 0.15) is 23.8 Å². The van der Waals surface area contributed by atoms with Gasteiger partial charge in [0, 0.05) is 22.7 Å². The number of phenols is 1. The molecule has 1 aliphatic carbocycles. The molecule has 1 heterocycles. The summed E-state index contributed by atoms with van der Waals surface area (Å²) in [4.78, 5) is 40.2. The summed E-state index contributed by atoms with van der Waals surface area (Å²) in [6.45, 7) is 3.61. The first-order chi connectivity index (χ1) is 19.5. The maximum Gasteiger partial charge on any atom is 0.415 e. The highest BCUT2D eigenvalue weighted by Gasteiger charge is 2.45. The molecule has 0 spiro atoms. The van der Waals surface area contributed by atoms with Crippen LogP contribution in [-0.4, -0.2) is 29.5 Å². The van der Waals surface area contributed by atoms with Gasteiger partial charge >= 0.3 is 6.09 Å². The van der Waals surface area contributed by atoms with Crippen LogP contribution in [0.5, 0.6) is 11.5 Å². The van der Waals surface area contributed by atoms with E-state index in [0.29, 0.717) is 35.6 Å². The molecule has 1 aliphatic heterocycles. The van der Waals surface area contributed by atoms with E-state index in [2.05, 4.69) is 5.32 Å². The van der Waals surface area contributed by atoms with Gasteiger partial charge in [0.15, 0.2) is 12.4 Å². The number of ketones is 1. The van der Waals surface area contributed by atoms with Gasteiger partial charge in [0.25, 0.3) is 5.91 Å². The fraction of sp³-hybridized carbons (Fsp3) is 0.258. The molecule has 2 aliphatic rings. The Morgan fingerprint density at radius 2 is 1.85 bits per heavy atom. The lowest BCUT2D eigenvalue weighted by molar-refractivity contribution is -0.121. The zero-order valence-electron chi connectivity index (χ0n) is 22.6. The van der Waals surface area contributed by atoms with Gasteiger partial charge in [0.2, 0.25) is 0 Å². The number of nitrogens with two attached hydrogens (primary N) is 1. The zero-order chi connectivity index (χ0) is 29.3. The molecule has 2 amide bonds. The number of rotatable bonds is 6. The number of benzene rings is 3. The molecule has 0 fully saturated rings. The molecule has 9 nitrogen and oxygen atoms in total. The maximum absolute atomic E-state index is 13.8. The average Bonchev–Trinajstić information content (AvgIpc) is 3.06. The van der Waals surface area contributed by atoms with Gasteiger partial charge < -0.3 is 25.6 Å². The third-order valence-corrected chi connectivity index (χ3v) is 7.38. The molecule has 3 aromatic carbocycles. The summed E-state index contributed by atoms with van der Waals surface area (Å²) < 4.78 is 11.2. The van der Waals surface area contributed by atoms with E-state index >= 15 is 0 Å². The molecule has 212 valence electrons. The van der Waals surface area contributed by atoms with Gasteiger partial charge in [-0.1, -0.05) is 67.9 Å². The number of ether oxygens (including phenoxy) is 2. The number of carbonyl (C=O) groups excluding carboxylic acids is 3. The van der Waals surface area contributed by atoms with E-state index in [1.807, 2.05) is 44.2 Å². The van der Waals surface area contributed by atoms with Crippen molar-refractivity contribution in [1.29, 1.82) is 0 Å². The molecule has 0 bridgehead atoms. The summed E-state index contributed by atoms with van der Waals surface area (Å²) in [6.07, 6.45) is -0.237. The number of carbonyl (C=O) groups is 3. The number of hydrogen-bond acceptors (Lipinski definition) is 7. The number of hydrogen-bond donors (Lipinski definition) is 3. The Hall–Kier alpha value is -4.50. The molecule has 10 heteroatoms. The highest BCUT2D eigenvalue weighted by Crippen LogP contribution is 2.51. The predicted octanol–water partition coefficient (Wildman–Crippen LogP) is 5.86. The van der Waals surface area contributed by atoms with Crippen molar-refractivity contribution in [1.82, 2.24) is 0 Å². The van der Waals surface area contributed by atoms with Crippen LogP contribution in [0.15, 0.2) is 78.0 Å². The lowest BCUT2D eigenvalue weighted by atomic mass is 9.73. The molecule has 1 atom stereocenters. The van der Waals surface area contributed by atoms with Crippen molar-refractivity contribution in [2.45, 2.75) is 39.3 Å². The fourth-order valence-electron chi connectivity index (χ4n) is 5.30. The Morgan fingerprint density at radius 3 is 2.56 bits per heavy atom. The molecular weight excluding hydrogens is 546 g/mol. The number of phenolic OH excluding ortho intramolecular Hbond substituents is 1. The summed E-state index contributed by atoms with van der Waals surface area (Å²) in [6, 6.07) is 18.3. The molecule has 41 heavy (non-hydrogen) atoms. The highest BCUT2D eigenvalue weighted by atomic mass is 35.5. The van der Waals surface area contributed by atoms with Crippen molar-refractivity contribution in [2.24, 2.45) is 11.1 Å². The van der Waals surface area contributed by atoms with E-state index in [9.17, 15) is 19.5 Å². The molecule has 5 rings (SSSR count). The predicted molar refractivity (Wildman–Crippen MR) is 155 cm³/mol. The van der Waals surface area contributed by atoms with E-state index < -0.39 is 24.6 Å². The van der Waals surface area contributed by atoms with Crippen molar-refractivity contribution >= 4 is 40.8 Å². The summed E-state index contributed by atoms with van der Waals surface area (Å²) in [5.74, 6) is -0.656. The summed E-state index contributed by atoms with van der Waals surface area (Å²) in [5.41, 5.74) is 7.63. The van der Waals surface area contributed by atoms with Crippen LogP contribution in [0.4, 0.5) is 16.2 Å². The SMILES string of the molecule is CC1(C)CC(=O)C2=C(C1)Nc1c(O)cccc1N(C(=O)OCC(N)=O)C2c1ccc(OCc2ccccc2)cc1Cl. The standard InChI is InChI=1S/C31H30ClN3O6/c1-31(2)14-22-27(25(37)15-31)29(20-12-11-19(13-21(20)32)40-16-18-7-4-3-5-8-18)35(30(39)41-17-26(33)38)23-9-6-10-24(36)28(23)34-22/h3-13,29,34,36H,14-17H2,1-2H3,(H2,33,38). The molecule has 0 saturated heterocycles. The number of aromatic hydroxyl groups is 1. The van der Waals surface area contributed by atoms with Crippen LogP contribution in [-0.2, 0) is 20.9 Å². The van der Waals surface area contributed by atoms with Gasteiger partial charge in [-0.2, -0.15) is 0 Å². The second-order valence-corrected chi connectivity index (χ2v) is 11.3. The Balaban J connectivity index is 1.65. The molecule has 1 unspecified atom stereocenters. The molecule has 0 saturated carbocycles. The van der Waals surface area contributed by atoms with Crippen molar-refractivity contribution in [3.8, 4) is 11.5 Å². The van der Waals surface area contributed by atoms with Crippen LogP contribution in [0, 0.1) is 5.41 Å². The van der Waals surface area contributed by atoms with Crippen LogP contribution >= 0.6 is 11.6 Å². The van der Waals surface area contributed by atoms with Crippen LogP contribution in [0.2, 0.25) is 5.02 Å². The number of para-hydroxylation sites is 1. The van der Waals surface area contributed by atoms with E-state index in [1.165, 1.54) is 11.0 Å². The Morgan fingerprint density at radius 1 is 1.10 bits per heavy atom. The summed E-state index contributed by atoms with van der Waals surface area (Å²) >= 11 is 6.85. The molecular formula is C31H30ClN3O6. The quantitative estimate of drug-likeness (QED) is 0.314. The first kappa shape index (κ1) is 28.0. The number of primary amides is 1. The minimum atomic E-state index is -1.04. The van der Waals surface area contributed by atoms with E-state index in [0.717, 1.165) is 5.56 Å². The highest BCUT2D eigenvalue weighted by molar-refractivity contribution is 6.31. The second-order valence-electron chi connectivity index (χ2n) is 10.9. The smallest absolute Gasteiger partial charge is 0.415 e. The Kier molecular flexibility index (Phi) is 7.64. The van der Waals surface area contributed by atoms with Crippen molar-refractivity contribution < 1.29 is 29.0 Å². The van der Waals surface area contributed by atoms with Gasteiger partial charge in [-0.15, -0.1) is 0 Å². The normalized spacial score (nSPS) is 17.6. The van der Waals surface area contributed by atoms with Gasteiger partial charge in [0.05, 0.1) is 11.7 Å². The largest absolute Gasteiger partial charge is 0.506 e. The van der Waals surface area contributed by atoms with Crippen LogP contribution < -0.4 is 20.7 Å². The number of nitrogens with one attached hydrogen (secondary N) is 1. The van der Waals surface area contributed by atoms with Crippen molar-refractivity contribution in [2.75, 3.05) is 16.8 Å². The van der Waals surface area contributed by atoms with Gasteiger partial charge in [-0.3, -0.25) is 14.5 Å². The average molecular weight is 576 g/mol. The minimum Gasteiger partial charge on any atom is -0.506 e. The topological polar surface area (TPSA) is 131 Å². The molecule has 4 N–H and O–H groups in total. The zero-order valence-corrected chi connectivity index (χ0v) is 23.4. The van der Waals surface area contributed by atoms with Crippen LogP contribution in [0.25, 0.3) is 0 Å². The number of amides is 2.